The molecule has 1 amide bonds. The maximum atomic E-state index is 14.0. The van der Waals surface area contributed by atoms with E-state index in [1.165, 1.54) is 11.8 Å². The van der Waals surface area contributed by atoms with E-state index in [0.717, 1.165) is 27.6 Å². The Morgan fingerprint density at radius 3 is 2.42 bits per heavy atom. The standard InChI is InChI=1S/C30H33NO4S/c1-6-35-27(33)17-26-29(34)31(18-30(3,4)5)25-15-14-21(19(2)32)16-24(25)28(36-26)23-13-9-11-20-10-7-8-12-22(20)23/h7-16,26,28H,6,17-18H2,1-5H3/t26-,28-/m1/s1. The zero-order valence-electron chi connectivity index (χ0n) is 21.5. The van der Waals surface area contributed by atoms with Gasteiger partial charge in [-0.3, -0.25) is 14.4 Å². The molecule has 0 fully saturated rings. The fraction of sp³-hybridized carbons (Fsp3) is 0.367. The van der Waals surface area contributed by atoms with Gasteiger partial charge in [-0.15, -0.1) is 11.8 Å². The second-order valence-electron chi connectivity index (χ2n) is 10.4. The third-order valence-corrected chi connectivity index (χ3v) is 7.72. The zero-order valence-corrected chi connectivity index (χ0v) is 22.4. The molecule has 0 aromatic heterocycles. The minimum Gasteiger partial charge on any atom is -0.466 e. The summed E-state index contributed by atoms with van der Waals surface area (Å²) in [5.41, 5.74) is 3.18. The molecule has 0 aliphatic carbocycles. The lowest BCUT2D eigenvalue weighted by atomic mass is 9.92. The molecule has 1 heterocycles. The van der Waals surface area contributed by atoms with Gasteiger partial charge in [0.05, 0.1) is 23.5 Å². The summed E-state index contributed by atoms with van der Waals surface area (Å²) in [6.45, 7) is 10.3. The van der Waals surface area contributed by atoms with Gasteiger partial charge in [-0.2, -0.15) is 0 Å². The Kier molecular flexibility index (Phi) is 7.55. The monoisotopic (exact) mass is 503 g/mol. The van der Waals surface area contributed by atoms with Crippen molar-refractivity contribution < 1.29 is 19.1 Å². The lowest BCUT2D eigenvalue weighted by Crippen LogP contribution is -2.42. The summed E-state index contributed by atoms with van der Waals surface area (Å²) in [6, 6.07) is 19.9. The van der Waals surface area contributed by atoms with Gasteiger partial charge in [-0.05, 0) is 59.4 Å². The number of fused-ring (bicyclic) bond motifs is 2. The molecule has 0 radical (unpaired) electrons. The fourth-order valence-corrected chi connectivity index (χ4v) is 6.17. The molecule has 36 heavy (non-hydrogen) atoms. The van der Waals surface area contributed by atoms with Crippen molar-refractivity contribution in [3.05, 3.63) is 77.4 Å². The van der Waals surface area contributed by atoms with E-state index in [2.05, 4.69) is 45.0 Å². The third-order valence-electron chi connectivity index (χ3n) is 6.24. The number of thioether (sulfide) groups is 1. The summed E-state index contributed by atoms with van der Waals surface area (Å²) in [6.07, 6.45) is -0.00714. The van der Waals surface area contributed by atoms with Crippen molar-refractivity contribution >= 4 is 45.9 Å². The van der Waals surface area contributed by atoms with E-state index in [-0.39, 0.29) is 41.4 Å². The van der Waals surface area contributed by atoms with Crippen LogP contribution in [-0.4, -0.2) is 36.1 Å². The second kappa shape index (κ2) is 10.5. The number of esters is 1. The Balaban J connectivity index is 1.96. The molecular weight excluding hydrogens is 470 g/mol. The van der Waals surface area contributed by atoms with Gasteiger partial charge >= 0.3 is 5.97 Å². The molecule has 3 aromatic rings. The molecule has 0 N–H and O–H groups in total. The molecule has 0 spiro atoms. The van der Waals surface area contributed by atoms with Crippen molar-refractivity contribution in [3.63, 3.8) is 0 Å². The van der Waals surface area contributed by atoms with E-state index in [4.69, 9.17) is 4.74 Å². The minimum absolute atomic E-state index is 0.00714. The third kappa shape index (κ3) is 5.49. The van der Waals surface area contributed by atoms with E-state index >= 15 is 0 Å². The first-order valence-corrected chi connectivity index (χ1v) is 13.3. The predicted molar refractivity (Wildman–Crippen MR) is 147 cm³/mol. The van der Waals surface area contributed by atoms with Crippen molar-refractivity contribution in [1.82, 2.24) is 0 Å². The summed E-state index contributed by atoms with van der Waals surface area (Å²) in [5, 5.41) is 1.31. The number of ketones is 1. The number of Topliss-reactive ketones (excluding diaryl/α,β-unsaturated/α-hetero) is 1. The smallest absolute Gasteiger partial charge is 0.307 e. The summed E-state index contributed by atoms with van der Waals surface area (Å²) in [7, 11) is 0. The molecular formula is C30H33NO4S. The molecule has 0 unspecified atom stereocenters. The lowest BCUT2D eigenvalue weighted by Gasteiger charge is -2.31. The van der Waals surface area contributed by atoms with Crippen molar-refractivity contribution in [2.75, 3.05) is 18.1 Å². The lowest BCUT2D eigenvalue weighted by molar-refractivity contribution is -0.144. The maximum absolute atomic E-state index is 14.0. The predicted octanol–water partition coefficient (Wildman–Crippen LogP) is 6.58. The van der Waals surface area contributed by atoms with Crippen molar-refractivity contribution in [3.8, 4) is 0 Å². The van der Waals surface area contributed by atoms with E-state index in [0.29, 0.717) is 12.1 Å². The number of ether oxygens (including phenoxy) is 1. The second-order valence-corrected chi connectivity index (χ2v) is 11.7. The molecule has 0 bridgehead atoms. The Morgan fingerprint density at radius 2 is 1.72 bits per heavy atom. The number of carbonyl (C=O) groups excluding carboxylic acids is 3. The number of hydrogen-bond donors (Lipinski definition) is 0. The Morgan fingerprint density at radius 1 is 1.00 bits per heavy atom. The molecule has 6 heteroatoms. The molecule has 4 rings (SSSR count). The summed E-state index contributed by atoms with van der Waals surface area (Å²) >= 11 is 1.47. The highest BCUT2D eigenvalue weighted by atomic mass is 32.2. The van der Waals surface area contributed by atoms with E-state index in [1.807, 2.05) is 30.3 Å². The number of anilines is 1. The first kappa shape index (κ1) is 26.0. The van der Waals surface area contributed by atoms with E-state index in [9.17, 15) is 14.4 Å². The Bertz CT molecular complexity index is 1300. The van der Waals surface area contributed by atoms with Crippen LogP contribution in [0.15, 0.2) is 60.7 Å². The number of rotatable bonds is 6. The highest BCUT2D eigenvalue weighted by Gasteiger charge is 2.39. The molecule has 2 atom stereocenters. The number of amides is 1. The quantitative estimate of drug-likeness (QED) is 0.281. The van der Waals surface area contributed by atoms with Gasteiger partial charge < -0.3 is 9.64 Å². The average Bonchev–Trinajstić information content (AvgIpc) is 2.93. The van der Waals surface area contributed by atoms with Crippen LogP contribution in [0, 0.1) is 5.41 Å². The van der Waals surface area contributed by atoms with Crippen LogP contribution in [0.25, 0.3) is 10.8 Å². The zero-order chi connectivity index (χ0) is 26.0. The Labute approximate surface area is 217 Å². The van der Waals surface area contributed by atoms with Gasteiger partial charge in [0.1, 0.15) is 0 Å². The fourth-order valence-electron chi connectivity index (χ4n) is 4.68. The van der Waals surface area contributed by atoms with Crippen LogP contribution in [0.5, 0.6) is 0 Å². The molecule has 1 aliphatic rings. The van der Waals surface area contributed by atoms with Gasteiger partial charge in [0.2, 0.25) is 5.91 Å². The van der Waals surface area contributed by atoms with Crippen molar-refractivity contribution in [2.45, 2.75) is 51.5 Å². The number of nitrogens with zero attached hydrogens (tertiary/aromatic N) is 1. The van der Waals surface area contributed by atoms with Crippen LogP contribution in [0.4, 0.5) is 5.69 Å². The highest BCUT2D eigenvalue weighted by Crippen LogP contribution is 2.49. The molecule has 3 aromatic carbocycles. The number of hydrogen-bond acceptors (Lipinski definition) is 5. The Hall–Kier alpha value is -3.12. The summed E-state index contributed by atoms with van der Waals surface area (Å²) in [4.78, 5) is 40.8. The van der Waals surface area contributed by atoms with Gasteiger partial charge in [0.15, 0.2) is 5.78 Å². The molecule has 0 saturated carbocycles. The minimum atomic E-state index is -0.622. The average molecular weight is 504 g/mol. The van der Waals surface area contributed by atoms with Gasteiger partial charge in [0, 0.05) is 17.8 Å². The first-order chi connectivity index (χ1) is 17.1. The van der Waals surface area contributed by atoms with Crippen LogP contribution < -0.4 is 4.90 Å². The van der Waals surface area contributed by atoms with Gasteiger partial charge in [-0.25, -0.2) is 0 Å². The number of carbonyl (C=O) groups is 3. The van der Waals surface area contributed by atoms with E-state index in [1.54, 1.807) is 24.8 Å². The van der Waals surface area contributed by atoms with Crippen LogP contribution in [0.1, 0.15) is 67.8 Å². The van der Waals surface area contributed by atoms with E-state index < -0.39 is 5.25 Å². The van der Waals surface area contributed by atoms with Crippen LogP contribution in [0.2, 0.25) is 0 Å². The first-order valence-electron chi connectivity index (χ1n) is 12.3. The molecule has 5 nitrogen and oxygen atoms in total. The summed E-state index contributed by atoms with van der Waals surface area (Å²) < 4.78 is 5.24. The largest absolute Gasteiger partial charge is 0.466 e. The molecule has 1 aliphatic heterocycles. The highest BCUT2D eigenvalue weighted by molar-refractivity contribution is 8.01. The van der Waals surface area contributed by atoms with Gasteiger partial charge in [-0.1, -0.05) is 63.2 Å². The normalized spacial score (nSPS) is 18.0. The topological polar surface area (TPSA) is 63.7 Å². The van der Waals surface area contributed by atoms with Crippen LogP contribution in [0.3, 0.4) is 0 Å². The van der Waals surface area contributed by atoms with Crippen molar-refractivity contribution in [2.24, 2.45) is 5.41 Å². The van der Waals surface area contributed by atoms with Crippen molar-refractivity contribution in [1.29, 1.82) is 0 Å². The number of benzene rings is 3. The summed E-state index contributed by atoms with van der Waals surface area (Å²) in [5.74, 6) is -0.519. The van der Waals surface area contributed by atoms with Crippen LogP contribution >= 0.6 is 11.8 Å². The van der Waals surface area contributed by atoms with Gasteiger partial charge in [0.25, 0.3) is 0 Å². The molecule has 188 valence electrons. The molecule has 0 saturated heterocycles. The SMILES string of the molecule is CCOC(=O)C[C@H]1S[C@H](c2cccc3ccccc23)c2cc(C(C)=O)ccc2N(CC(C)(C)C)C1=O. The van der Waals surface area contributed by atoms with Crippen LogP contribution in [-0.2, 0) is 14.3 Å². The maximum Gasteiger partial charge on any atom is 0.307 e.